The second kappa shape index (κ2) is 3.78. The molecule has 0 bridgehead atoms. The van der Waals surface area contributed by atoms with Gasteiger partial charge in [-0.15, -0.1) is 0 Å². The highest BCUT2D eigenvalue weighted by atomic mass is 79.9. The zero-order chi connectivity index (χ0) is 10.0. The fraction of sp³-hybridized carbons (Fsp3) is 0.143. The van der Waals surface area contributed by atoms with Gasteiger partial charge in [-0.05, 0) is 22.0 Å². The lowest BCUT2D eigenvalue weighted by molar-refractivity contribution is 0.110. The Balaban J connectivity index is 3.32. The van der Waals surface area contributed by atoms with Crippen molar-refractivity contribution < 1.29 is 18.7 Å². The van der Waals surface area contributed by atoms with Gasteiger partial charge in [0.15, 0.2) is 6.29 Å². The fourth-order valence-electron chi connectivity index (χ4n) is 0.778. The van der Waals surface area contributed by atoms with Crippen molar-refractivity contribution in [1.82, 2.24) is 4.98 Å². The topological polar surface area (TPSA) is 50.2 Å². The average molecular weight is 252 g/mol. The number of aromatic nitrogens is 1. The van der Waals surface area contributed by atoms with Crippen LogP contribution in [0.1, 0.15) is 22.5 Å². The SMILES string of the molecule is O=Cc1cc(O)c(Br)nc1C(F)F. The smallest absolute Gasteiger partial charge is 0.281 e. The number of hydrogen-bond acceptors (Lipinski definition) is 3. The lowest BCUT2D eigenvalue weighted by Gasteiger charge is -2.04. The number of alkyl halides is 2. The molecule has 0 unspecified atom stereocenters. The van der Waals surface area contributed by atoms with Crippen LogP contribution < -0.4 is 0 Å². The zero-order valence-corrected chi connectivity index (χ0v) is 7.75. The molecule has 1 heterocycles. The van der Waals surface area contributed by atoms with E-state index in [-0.39, 0.29) is 22.2 Å². The highest BCUT2D eigenvalue weighted by Gasteiger charge is 2.17. The van der Waals surface area contributed by atoms with Crippen LogP contribution in [0, 0.1) is 0 Å². The van der Waals surface area contributed by atoms with E-state index in [1.807, 2.05) is 0 Å². The quantitative estimate of drug-likeness (QED) is 0.648. The third-order valence-corrected chi connectivity index (χ3v) is 1.94. The summed E-state index contributed by atoms with van der Waals surface area (Å²) in [6.07, 6.45) is -2.61. The Labute approximate surface area is 80.5 Å². The standard InChI is InChI=1S/C7H4BrF2NO2/c8-6-4(13)1-3(2-12)5(11-6)7(9)10/h1-2,7,13H. The number of aldehydes is 1. The molecule has 3 nitrogen and oxygen atoms in total. The first kappa shape index (κ1) is 10.0. The molecule has 0 saturated heterocycles. The van der Waals surface area contributed by atoms with Crippen LogP contribution in [0.25, 0.3) is 0 Å². The molecule has 70 valence electrons. The van der Waals surface area contributed by atoms with Crippen molar-refractivity contribution in [2.24, 2.45) is 0 Å². The van der Waals surface area contributed by atoms with Crippen LogP contribution in [-0.4, -0.2) is 16.4 Å². The van der Waals surface area contributed by atoms with Gasteiger partial charge in [0.05, 0.1) is 0 Å². The van der Waals surface area contributed by atoms with Crippen molar-refractivity contribution in [3.8, 4) is 5.75 Å². The van der Waals surface area contributed by atoms with E-state index < -0.39 is 12.1 Å². The second-order valence-electron chi connectivity index (χ2n) is 2.19. The molecule has 1 N–H and O–H groups in total. The van der Waals surface area contributed by atoms with Crippen LogP contribution in [0.3, 0.4) is 0 Å². The van der Waals surface area contributed by atoms with Crippen molar-refractivity contribution in [2.75, 3.05) is 0 Å². The first-order valence-corrected chi connectivity index (χ1v) is 3.98. The molecule has 0 saturated carbocycles. The van der Waals surface area contributed by atoms with E-state index in [1.165, 1.54) is 0 Å². The minimum atomic E-state index is -2.84. The first-order chi connectivity index (χ1) is 6.06. The van der Waals surface area contributed by atoms with Crippen molar-refractivity contribution in [3.05, 3.63) is 21.9 Å². The molecule has 0 radical (unpaired) electrons. The van der Waals surface area contributed by atoms with Crippen LogP contribution in [-0.2, 0) is 0 Å². The van der Waals surface area contributed by atoms with Gasteiger partial charge in [0.25, 0.3) is 6.43 Å². The maximum atomic E-state index is 12.2. The van der Waals surface area contributed by atoms with Gasteiger partial charge >= 0.3 is 0 Å². The second-order valence-corrected chi connectivity index (χ2v) is 2.94. The van der Waals surface area contributed by atoms with E-state index in [0.717, 1.165) is 6.07 Å². The molecule has 0 fully saturated rings. The van der Waals surface area contributed by atoms with Gasteiger partial charge < -0.3 is 5.11 Å². The molecule has 0 atom stereocenters. The van der Waals surface area contributed by atoms with Crippen LogP contribution in [0.15, 0.2) is 10.7 Å². The summed E-state index contributed by atoms with van der Waals surface area (Å²) in [6, 6.07) is 0.936. The lowest BCUT2D eigenvalue weighted by Crippen LogP contribution is -1.97. The van der Waals surface area contributed by atoms with Crippen molar-refractivity contribution in [3.63, 3.8) is 0 Å². The minimum Gasteiger partial charge on any atom is -0.505 e. The number of aromatic hydroxyl groups is 1. The predicted octanol–water partition coefficient (Wildman–Crippen LogP) is 2.30. The minimum absolute atomic E-state index is 0.103. The molecule has 13 heavy (non-hydrogen) atoms. The summed E-state index contributed by atoms with van der Waals surface area (Å²) in [6.45, 7) is 0. The Hall–Kier alpha value is -1.04. The fourth-order valence-corrected chi connectivity index (χ4v) is 1.08. The Bertz CT molecular complexity index is 344. The Morgan fingerprint density at radius 3 is 2.69 bits per heavy atom. The normalized spacial score (nSPS) is 10.5. The van der Waals surface area contributed by atoms with Crippen LogP contribution >= 0.6 is 15.9 Å². The maximum Gasteiger partial charge on any atom is 0.281 e. The first-order valence-electron chi connectivity index (χ1n) is 3.19. The Kier molecular flexibility index (Phi) is 2.92. The Morgan fingerprint density at radius 2 is 2.23 bits per heavy atom. The summed E-state index contributed by atoms with van der Waals surface area (Å²) in [5, 5.41) is 9.02. The van der Waals surface area contributed by atoms with E-state index in [0.29, 0.717) is 0 Å². The summed E-state index contributed by atoms with van der Waals surface area (Å²) in [7, 11) is 0. The number of carbonyl (C=O) groups is 1. The van der Waals surface area contributed by atoms with E-state index in [4.69, 9.17) is 5.11 Å². The summed E-state index contributed by atoms with van der Waals surface area (Å²) >= 11 is 2.77. The van der Waals surface area contributed by atoms with Crippen molar-refractivity contribution in [1.29, 1.82) is 0 Å². The highest BCUT2D eigenvalue weighted by molar-refractivity contribution is 9.10. The van der Waals surface area contributed by atoms with E-state index in [2.05, 4.69) is 20.9 Å². The van der Waals surface area contributed by atoms with E-state index in [9.17, 15) is 13.6 Å². The Morgan fingerprint density at radius 1 is 1.62 bits per heavy atom. The summed E-state index contributed by atoms with van der Waals surface area (Å²) in [5.41, 5.74) is -0.949. The van der Waals surface area contributed by atoms with Gasteiger partial charge in [0.1, 0.15) is 16.0 Å². The number of rotatable bonds is 2. The number of halogens is 3. The third-order valence-electron chi connectivity index (χ3n) is 1.35. The molecule has 1 aromatic heterocycles. The third kappa shape index (κ3) is 2.00. The molecule has 0 spiro atoms. The zero-order valence-electron chi connectivity index (χ0n) is 6.17. The average Bonchev–Trinajstić information content (AvgIpc) is 2.08. The van der Waals surface area contributed by atoms with Gasteiger partial charge in [0, 0.05) is 5.56 Å². The molecule has 0 amide bonds. The highest BCUT2D eigenvalue weighted by Crippen LogP contribution is 2.28. The molecule has 6 heteroatoms. The maximum absolute atomic E-state index is 12.2. The van der Waals surface area contributed by atoms with E-state index >= 15 is 0 Å². The summed E-state index contributed by atoms with van der Waals surface area (Å²) in [4.78, 5) is 13.6. The number of pyridine rings is 1. The van der Waals surface area contributed by atoms with Crippen LogP contribution in [0.4, 0.5) is 8.78 Å². The lowest BCUT2D eigenvalue weighted by atomic mass is 10.2. The molecule has 1 rings (SSSR count). The molecule has 0 aliphatic rings. The predicted molar refractivity (Wildman–Crippen MR) is 43.9 cm³/mol. The number of hydrogen-bond donors (Lipinski definition) is 1. The van der Waals surface area contributed by atoms with Gasteiger partial charge in [-0.3, -0.25) is 4.79 Å². The van der Waals surface area contributed by atoms with E-state index in [1.54, 1.807) is 0 Å². The summed E-state index contributed by atoms with van der Waals surface area (Å²) in [5.74, 6) is -0.341. The molecule has 0 aromatic carbocycles. The van der Waals surface area contributed by atoms with Crippen LogP contribution in [0.2, 0.25) is 0 Å². The van der Waals surface area contributed by atoms with Gasteiger partial charge in [0.2, 0.25) is 0 Å². The molecular formula is C7H4BrF2NO2. The van der Waals surface area contributed by atoms with Gasteiger partial charge in [-0.1, -0.05) is 0 Å². The van der Waals surface area contributed by atoms with Crippen molar-refractivity contribution in [2.45, 2.75) is 6.43 Å². The molecular weight excluding hydrogens is 248 g/mol. The number of carbonyl (C=O) groups excluding carboxylic acids is 1. The molecule has 1 aromatic rings. The molecule has 0 aliphatic carbocycles. The van der Waals surface area contributed by atoms with Crippen LogP contribution in [0.5, 0.6) is 5.75 Å². The monoisotopic (exact) mass is 251 g/mol. The summed E-state index contributed by atoms with van der Waals surface area (Å²) < 4.78 is 24.3. The number of nitrogens with zero attached hydrogens (tertiary/aromatic N) is 1. The van der Waals surface area contributed by atoms with Gasteiger partial charge in [-0.25, -0.2) is 13.8 Å². The van der Waals surface area contributed by atoms with Crippen molar-refractivity contribution >= 4 is 22.2 Å². The largest absolute Gasteiger partial charge is 0.505 e. The molecule has 0 aliphatic heterocycles. The van der Waals surface area contributed by atoms with Gasteiger partial charge in [-0.2, -0.15) is 0 Å².